The van der Waals surface area contributed by atoms with Crippen LogP contribution in [0.2, 0.25) is 0 Å². The van der Waals surface area contributed by atoms with Crippen LogP contribution >= 0.6 is 0 Å². The highest BCUT2D eigenvalue weighted by molar-refractivity contribution is 6.06. The molecule has 1 aromatic carbocycles. The van der Waals surface area contributed by atoms with Crippen molar-refractivity contribution < 1.29 is 22.7 Å². The topological polar surface area (TPSA) is 95.1 Å². The number of alkyl halides is 3. The lowest BCUT2D eigenvalue weighted by Crippen LogP contribution is -2.19. The molecule has 0 aliphatic carbocycles. The summed E-state index contributed by atoms with van der Waals surface area (Å²) >= 11 is 0. The number of anilines is 2. The number of hydrogen-bond acceptors (Lipinski definition) is 5. The zero-order valence-corrected chi connectivity index (χ0v) is 14.7. The van der Waals surface area contributed by atoms with E-state index in [1.54, 1.807) is 0 Å². The smallest absolute Gasteiger partial charge is 0.422 e. The van der Waals surface area contributed by atoms with Gasteiger partial charge in [-0.1, -0.05) is 18.2 Å². The maximum Gasteiger partial charge on any atom is 0.422 e. The van der Waals surface area contributed by atoms with Gasteiger partial charge in [0.1, 0.15) is 22.9 Å². The van der Waals surface area contributed by atoms with Gasteiger partial charge in [-0.05, 0) is 30.7 Å². The fourth-order valence-electron chi connectivity index (χ4n) is 2.41. The quantitative estimate of drug-likeness (QED) is 0.696. The number of rotatable bonds is 5. The number of hydrogen-bond donors (Lipinski definition) is 2. The zero-order chi connectivity index (χ0) is 20.3. The van der Waals surface area contributed by atoms with E-state index in [1.807, 2.05) is 31.2 Å². The molecule has 1 amide bonds. The first-order chi connectivity index (χ1) is 13.2. The second-order valence-electron chi connectivity index (χ2n) is 5.88. The third kappa shape index (κ3) is 4.40. The molecule has 0 fully saturated rings. The lowest BCUT2D eigenvalue weighted by atomic mass is 10.2. The minimum atomic E-state index is -4.44. The molecule has 7 nitrogen and oxygen atoms in total. The number of carbonyl (C=O) groups is 1. The summed E-state index contributed by atoms with van der Waals surface area (Å²) in [6.07, 6.45) is -2.03. The number of nitrogen functional groups attached to an aromatic ring is 1. The molecule has 0 spiro atoms. The maximum atomic E-state index is 12.4. The second-order valence-corrected chi connectivity index (χ2v) is 5.88. The van der Waals surface area contributed by atoms with Crippen LogP contribution in [0.4, 0.5) is 24.8 Å². The SMILES string of the molecule is Cc1ccccc1-n1ncc(C(=O)Nc2ccc(OCC(F)(F)F)cn2)c1N. The third-order valence-electron chi connectivity index (χ3n) is 3.78. The van der Waals surface area contributed by atoms with Crippen LogP contribution in [0.3, 0.4) is 0 Å². The Balaban J connectivity index is 1.71. The summed E-state index contributed by atoms with van der Waals surface area (Å²) in [4.78, 5) is 16.3. The third-order valence-corrected chi connectivity index (χ3v) is 3.78. The van der Waals surface area contributed by atoms with Crippen LogP contribution in [-0.2, 0) is 0 Å². The average molecular weight is 391 g/mol. The number of pyridine rings is 1. The first kappa shape index (κ1) is 19.2. The maximum absolute atomic E-state index is 12.4. The molecule has 2 aromatic heterocycles. The van der Waals surface area contributed by atoms with Gasteiger partial charge in [-0.3, -0.25) is 4.79 Å². The molecule has 0 radical (unpaired) electrons. The van der Waals surface area contributed by atoms with Crippen molar-refractivity contribution in [2.24, 2.45) is 0 Å². The predicted octanol–water partition coefficient (Wildman–Crippen LogP) is 3.35. The van der Waals surface area contributed by atoms with E-state index in [0.717, 1.165) is 17.4 Å². The molecule has 3 aromatic rings. The van der Waals surface area contributed by atoms with E-state index in [0.29, 0.717) is 0 Å². The lowest BCUT2D eigenvalue weighted by molar-refractivity contribution is -0.153. The first-order valence-corrected chi connectivity index (χ1v) is 8.11. The molecular weight excluding hydrogens is 375 g/mol. The van der Waals surface area contributed by atoms with E-state index in [4.69, 9.17) is 5.73 Å². The zero-order valence-electron chi connectivity index (χ0n) is 14.7. The molecule has 0 unspecified atom stereocenters. The van der Waals surface area contributed by atoms with Crippen molar-refractivity contribution >= 4 is 17.5 Å². The molecule has 2 heterocycles. The van der Waals surface area contributed by atoms with Gasteiger partial charge in [-0.2, -0.15) is 18.3 Å². The molecule has 0 bridgehead atoms. The highest BCUT2D eigenvalue weighted by atomic mass is 19.4. The number of nitrogens with one attached hydrogen (secondary N) is 1. The van der Waals surface area contributed by atoms with E-state index in [2.05, 4.69) is 20.1 Å². The lowest BCUT2D eigenvalue weighted by Gasteiger charge is -2.10. The number of nitrogens with zero attached hydrogens (tertiary/aromatic N) is 3. The van der Waals surface area contributed by atoms with Crippen molar-refractivity contribution in [3.05, 3.63) is 59.9 Å². The van der Waals surface area contributed by atoms with E-state index in [9.17, 15) is 18.0 Å². The van der Waals surface area contributed by atoms with Crippen molar-refractivity contribution in [3.63, 3.8) is 0 Å². The van der Waals surface area contributed by atoms with Gasteiger partial charge in [-0.25, -0.2) is 9.67 Å². The van der Waals surface area contributed by atoms with Gasteiger partial charge in [0.25, 0.3) is 5.91 Å². The number of para-hydroxylation sites is 1. The van der Waals surface area contributed by atoms with E-state index >= 15 is 0 Å². The minimum Gasteiger partial charge on any atom is -0.483 e. The Hall–Kier alpha value is -3.56. The van der Waals surface area contributed by atoms with Gasteiger partial charge in [0.05, 0.1) is 18.1 Å². The first-order valence-electron chi connectivity index (χ1n) is 8.11. The van der Waals surface area contributed by atoms with Crippen molar-refractivity contribution in [1.29, 1.82) is 0 Å². The van der Waals surface area contributed by atoms with Crippen LogP contribution in [-0.4, -0.2) is 33.5 Å². The van der Waals surface area contributed by atoms with Crippen molar-refractivity contribution in [3.8, 4) is 11.4 Å². The number of ether oxygens (including phenoxy) is 1. The van der Waals surface area contributed by atoms with Gasteiger partial charge in [0, 0.05) is 0 Å². The summed E-state index contributed by atoms with van der Waals surface area (Å²) in [5, 5.41) is 6.67. The fourth-order valence-corrected chi connectivity index (χ4v) is 2.41. The number of nitrogens with two attached hydrogens (primary N) is 1. The molecule has 146 valence electrons. The highest BCUT2D eigenvalue weighted by Gasteiger charge is 2.28. The summed E-state index contributed by atoms with van der Waals surface area (Å²) in [5.74, 6) is -0.333. The largest absolute Gasteiger partial charge is 0.483 e. The van der Waals surface area contributed by atoms with E-state index < -0.39 is 18.7 Å². The molecule has 28 heavy (non-hydrogen) atoms. The molecule has 0 saturated heterocycles. The Morgan fingerprint density at radius 2 is 1.96 bits per heavy atom. The summed E-state index contributed by atoms with van der Waals surface area (Å²) in [7, 11) is 0. The minimum absolute atomic E-state index is 0.0674. The number of carbonyl (C=O) groups excluding carboxylic acids is 1. The van der Waals surface area contributed by atoms with Crippen LogP contribution < -0.4 is 15.8 Å². The van der Waals surface area contributed by atoms with Gasteiger partial charge in [0.15, 0.2) is 6.61 Å². The van der Waals surface area contributed by atoms with Crippen molar-refractivity contribution in [2.45, 2.75) is 13.1 Å². The van der Waals surface area contributed by atoms with E-state index in [1.165, 1.54) is 23.0 Å². The van der Waals surface area contributed by atoms with Crippen molar-refractivity contribution in [2.75, 3.05) is 17.7 Å². The van der Waals surface area contributed by atoms with Crippen LogP contribution in [0.25, 0.3) is 5.69 Å². The molecule has 3 N–H and O–H groups in total. The molecule has 3 rings (SSSR count). The Bertz CT molecular complexity index is 984. The fraction of sp³-hybridized carbons (Fsp3) is 0.167. The summed E-state index contributed by atoms with van der Waals surface area (Å²) < 4.78 is 42.5. The highest BCUT2D eigenvalue weighted by Crippen LogP contribution is 2.22. The number of aryl methyl sites for hydroxylation is 1. The molecular formula is C18H16F3N5O2. The van der Waals surface area contributed by atoms with E-state index in [-0.39, 0.29) is 22.9 Å². The molecule has 0 aliphatic heterocycles. The monoisotopic (exact) mass is 391 g/mol. The Morgan fingerprint density at radius 1 is 1.21 bits per heavy atom. The number of aromatic nitrogens is 3. The average Bonchev–Trinajstić information content (AvgIpc) is 3.02. The van der Waals surface area contributed by atoms with Crippen LogP contribution in [0.1, 0.15) is 15.9 Å². The van der Waals surface area contributed by atoms with Gasteiger partial charge < -0.3 is 15.8 Å². The number of amides is 1. The summed E-state index contributed by atoms with van der Waals surface area (Å²) in [6.45, 7) is 0.470. The van der Waals surface area contributed by atoms with Gasteiger partial charge in [-0.15, -0.1) is 0 Å². The number of benzene rings is 1. The summed E-state index contributed by atoms with van der Waals surface area (Å²) in [5.41, 5.74) is 7.87. The predicted molar refractivity (Wildman–Crippen MR) is 96.5 cm³/mol. The summed E-state index contributed by atoms with van der Waals surface area (Å²) in [6, 6.07) is 10.0. The molecule has 0 saturated carbocycles. The number of halogens is 3. The normalized spacial score (nSPS) is 11.3. The molecule has 0 aliphatic rings. The standard InChI is InChI=1S/C18H16F3N5O2/c1-11-4-2-3-5-14(11)26-16(22)13(9-24-26)17(27)25-15-7-6-12(8-23-15)28-10-18(19,20)21/h2-9H,10,22H2,1H3,(H,23,25,27). The van der Waals surface area contributed by atoms with Gasteiger partial charge >= 0.3 is 6.18 Å². The van der Waals surface area contributed by atoms with Crippen molar-refractivity contribution in [1.82, 2.24) is 14.8 Å². The Labute approximate surface area is 157 Å². The second kappa shape index (κ2) is 7.59. The van der Waals surface area contributed by atoms with Crippen LogP contribution in [0, 0.1) is 6.92 Å². The molecule has 10 heteroatoms. The Morgan fingerprint density at radius 3 is 2.61 bits per heavy atom. The molecule has 0 atom stereocenters. The Kier molecular flexibility index (Phi) is 5.21. The van der Waals surface area contributed by atoms with Crippen LogP contribution in [0.15, 0.2) is 48.8 Å². The van der Waals surface area contributed by atoms with Gasteiger partial charge in [0.2, 0.25) is 0 Å². The van der Waals surface area contributed by atoms with Crippen LogP contribution in [0.5, 0.6) is 5.75 Å².